The first-order valence-electron chi connectivity index (χ1n) is 7.34. The maximum Gasteiger partial charge on any atom is 0.262 e. The molecule has 1 aliphatic heterocycles. The Bertz CT molecular complexity index is 852. The summed E-state index contributed by atoms with van der Waals surface area (Å²) in [5, 5.41) is 0. The lowest BCUT2D eigenvalue weighted by molar-refractivity contribution is 0.0788. The van der Waals surface area contributed by atoms with Crippen molar-refractivity contribution in [2.24, 2.45) is 0 Å². The Labute approximate surface area is 138 Å². The van der Waals surface area contributed by atoms with Crippen LogP contribution in [0.5, 0.6) is 0 Å². The molecule has 1 aromatic heterocycles. The van der Waals surface area contributed by atoms with Crippen LogP contribution in [-0.2, 0) is 10.0 Å². The largest absolute Gasteiger partial charge is 0.339 e. The average Bonchev–Trinajstić information content (AvgIpc) is 3.09. The van der Waals surface area contributed by atoms with Crippen LogP contribution in [0.1, 0.15) is 23.2 Å². The predicted octanol–water partition coefficient (Wildman–Crippen LogP) is 1.65. The summed E-state index contributed by atoms with van der Waals surface area (Å²) in [7, 11) is -3.99. The predicted molar refractivity (Wildman–Crippen MR) is 84.4 cm³/mol. The number of anilines is 1. The molecule has 1 amide bonds. The molecule has 0 atom stereocenters. The third-order valence-corrected chi connectivity index (χ3v) is 5.07. The van der Waals surface area contributed by atoms with Gasteiger partial charge in [0.15, 0.2) is 0 Å². The maximum absolute atomic E-state index is 14.3. The van der Waals surface area contributed by atoms with E-state index >= 15 is 0 Å². The number of amides is 1. The van der Waals surface area contributed by atoms with Gasteiger partial charge in [-0.3, -0.25) is 9.52 Å². The van der Waals surface area contributed by atoms with E-state index in [0.717, 1.165) is 18.9 Å². The van der Waals surface area contributed by atoms with Crippen LogP contribution in [0.15, 0.2) is 41.8 Å². The minimum Gasteiger partial charge on any atom is -0.339 e. The third-order valence-electron chi connectivity index (χ3n) is 3.69. The number of carbonyl (C=O) groups excluding carboxylic acids is 1. The number of likely N-dealkylation sites (tertiary alicyclic amines) is 1. The Morgan fingerprint density at radius 3 is 2.46 bits per heavy atom. The zero-order chi connectivity index (χ0) is 17.2. The summed E-state index contributed by atoms with van der Waals surface area (Å²) in [6.07, 6.45) is 5.61. The van der Waals surface area contributed by atoms with Gasteiger partial charge < -0.3 is 4.90 Å². The lowest BCUT2D eigenvalue weighted by Crippen LogP contribution is -2.28. The number of aromatic nitrogens is 2. The van der Waals surface area contributed by atoms with Crippen LogP contribution >= 0.6 is 0 Å². The molecule has 0 aliphatic carbocycles. The number of halogens is 1. The van der Waals surface area contributed by atoms with Crippen LogP contribution in [0.3, 0.4) is 0 Å². The lowest BCUT2D eigenvalue weighted by Gasteiger charge is -2.16. The molecule has 2 heterocycles. The van der Waals surface area contributed by atoms with E-state index < -0.39 is 21.7 Å². The summed E-state index contributed by atoms with van der Waals surface area (Å²) in [6, 6.07) is 3.25. The fourth-order valence-corrected chi connectivity index (χ4v) is 3.53. The Morgan fingerprint density at radius 2 is 1.83 bits per heavy atom. The van der Waals surface area contributed by atoms with Crippen LogP contribution in [0.4, 0.5) is 10.1 Å². The molecule has 1 saturated heterocycles. The smallest absolute Gasteiger partial charge is 0.262 e. The Morgan fingerprint density at radius 1 is 1.17 bits per heavy atom. The van der Waals surface area contributed by atoms with Gasteiger partial charge in [-0.15, -0.1) is 0 Å². The van der Waals surface area contributed by atoms with E-state index in [1.807, 2.05) is 0 Å². The van der Waals surface area contributed by atoms with E-state index in [2.05, 4.69) is 14.7 Å². The van der Waals surface area contributed by atoms with Crippen LogP contribution in [0.25, 0.3) is 0 Å². The fourth-order valence-electron chi connectivity index (χ4n) is 2.49. The molecule has 9 heteroatoms. The number of benzene rings is 1. The maximum atomic E-state index is 14.3. The minimum atomic E-state index is -3.99. The fraction of sp³-hybridized carbons (Fsp3) is 0.267. The molecule has 0 unspecified atom stereocenters. The molecule has 1 aliphatic rings. The molecule has 2 aromatic rings. The summed E-state index contributed by atoms with van der Waals surface area (Å²) < 4.78 is 41.0. The van der Waals surface area contributed by atoms with Gasteiger partial charge in [0.25, 0.3) is 15.9 Å². The van der Waals surface area contributed by atoms with Gasteiger partial charge in [-0.25, -0.2) is 22.8 Å². The number of nitrogens with one attached hydrogen (secondary N) is 1. The van der Waals surface area contributed by atoms with Gasteiger partial charge in [-0.05, 0) is 31.0 Å². The second-order valence-electron chi connectivity index (χ2n) is 5.37. The SMILES string of the molecule is O=C(c1ccc(S(=O)(=O)Nc2cncnc2)cc1F)N1CCCC1. The summed E-state index contributed by atoms with van der Waals surface area (Å²) in [5.41, 5.74) is 0.0361. The second-order valence-corrected chi connectivity index (χ2v) is 7.06. The topological polar surface area (TPSA) is 92.3 Å². The van der Waals surface area contributed by atoms with Gasteiger partial charge in [-0.2, -0.15) is 0 Å². The van der Waals surface area contributed by atoms with E-state index in [9.17, 15) is 17.6 Å². The number of hydrogen-bond acceptors (Lipinski definition) is 5. The monoisotopic (exact) mass is 350 g/mol. The minimum absolute atomic E-state index is 0.126. The highest BCUT2D eigenvalue weighted by Crippen LogP contribution is 2.20. The van der Waals surface area contributed by atoms with Crippen LogP contribution in [0, 0.1) is 5.82 Å². The van der Waals surface area contributed by atoms with Crippen molar-refractivity contribution < 1.29 is 17.6 Å². The van der Waals surface area contributed by atoms with Crippen molar-refractivity contribution in [1.82, 2.24) is 14.9 Å². The zero-order valence-electron chi connectivity index (χ0n) is 12.6. The molecule has 0 saturated carbocycles. The van der Waals surface area contributed by atoms with Crippen LogP contribution < -0.4 is 4.72 Å². The first kappa shape index (κ1) is 16.3. The van der Waals surface area contributed by atoms with Gasteiger partial charge >= 0.3 is 0 Å². The van der Waals surface area contributed by atoms with Crippen molar-refractivity contribution in [2.45, 2.75) is 17.7 Å². The summed E-state index contributed by atoms with van der Waals surface area (Å²) in [5.74, 6) is -1.28. The van der Waals surface area contributed by atoms with Crippen LogP contribution in [0.2, 0.25) is 0 Å². The molecule has 126 valence electrons. The Balaban J connectivity index is 1.84. The molecule has 0 spiro atoms. The van der Waals surface area contributed by atoms with Crippen molar-refractivity contribution in [2.75, 3.05) is 17.8 Å². The van der Waals surface area contributed by atoms with E-state index in [4.69, 9.17) is 0 Å². The van der Waals surface area contributed by atoms with Crippen molar-refractivity contribution in [3.8, 4) is 0 Å². The summed E-state index contributed by atoms with van der Waals surface area (Å²) >= 11 is 0. The van der Waals surface area contributed by atoms with E-state index in [-0.39, 0.29) is 16.1 Å². The third kappa shape index (κ3) is 3.35. The normalized spacial score (nSPS) is 14.6. The molecular weight excluding hydrogens is 335 g/mol. The summed E-state index contributed by atoms with van der Waals surface area (Å²) in [6.45, 7) is 1.18. The molecule has 1 aromatic carbocycles. The van der Waals surface area contributed by atoms with Gasteiger partial charge in [-0.1, -0.05) is 0 Å². The molecule has 1 fully saturated rings. The van der Waals surface area contributed by atoms with Gasteiger partial charge in [0.05, 0.1) is 28.5 Å². The lowest BCUT2D eigenvalue weighted by atomic mass is 10.2. The first-order chi connectivity index (χ1) is 11.5. The number of carbonyl (C=O) groups is 1. The highest BCUT2D eigenvalue weighted by molar-refractivity contribution is 7.92. The standard InChI is InChI=1S/C15H15FN4O3S/c16-14-7-12(24(22,23)19-11-8-17-10-18-9-11)3-4-13(14)15(21)20-5-1-2-6-20/h3-4,7-10,19H,1-2,5-6H2. The number of sulfonamides is 1. The molecule has 7 nitrogen and oxygen atoms in total. The average molecular weight is 350 g/mol. The van der Waals surface area contributed by atoms with Gasteiger partial charge in [0.1, 0.15) is 12.1 Å². The van der Waals surface area contributed by atoms with Crippen molar-refractivity contribution >= 4 is 21.6 Å². The van der Waals surface area contributed by atoms with Gasteiger partial charge in [0, 0.05) is 13.1 Å². The molecular formula is C15H15FN4O3S. The number of nitrogens with zero attached hydrogens (tertiary/aromatic N) is 3. The molecule has 0 radical (unpaired) electrons. The second kappa shape index (κ2) is 6.52. The van der Waals surface area contributed by atoms with E-state index in [1.165, 1.54) is 30.9 Å². The number of rotatable bonds is 4. The van der Waals surface area contributed by atoms with E-state index in [1.54, 1.807) is 4.90 Å². The molecule has 24 heavy (non-hydrogen) atoms. The molecule has 1 N–H and O–H groups in total. The quantitative estimate of drug-likeness (QED) is 0.905. The first-order valence-corrected chi connectivity index (χ1v) is 8.82. The highest BCUT2D eigenvalue weighted by Gasteiger charge is 2.24. The summed E-state index contributed by atoms with van der Waals surface area (Å²) in [4.78, 5) is 20.9. The molecule has 3 rings (SSSR count). The number of hydrogen-bond donors (Lipinski definition) is 1. The Kier molecular flexibility index (Phi) is 4.43. The highest BCUT2D eigenvalue weighted by atomic mass is 32.2. The van der Waals surface area contributed by atoms with Crippen molar-refractivity contribution in [3.05, 3.63) is 48.3 Å². The molecule has 0 bridgehead atoms. The van der Waals surface area contributed by atoms with Gasteiger partial charge in [0.2, 0.25) is 0 Å². The van der Waals surface area contributed by atoms with Crippen molar-refractivity contribution in [1.29, 1.82) is 0 Å². The Hall–Kier alpha value is -2.55. The zero-order valence-corrected chi connectivity index (χ0v) is 13.5. The van der Waals surface area contributed by atoms with Crippen LogP contribution in [-0.4, -0.2) is 42.3 Å². The van der Waals surface area contributed by atoms with Crippen molar-refractivity contribution in [3.63, 3.8) is 0 Å². The van der Waals surface area contributed by atoms with E-state index in [0.29, 0.717) is 13.1 Å².